The predicted molar refractivity (Wildman–Crippen MR) is 93.9 cm³/mol. The van der Waals surface area contributed by atoms with Crippen LogP contribution < -0.4 is 10.6 Å². The van der Waals surface area contributed by atoms with Crippen LogP contribution in [-0.4, -0.2) is 20.9 Å². The van der Waals surface area contributed by atoms with Gasteiger partial charge in [-0.3, -0.25) is 0 Å². The Balaban J connectivity index is 1.58. The molecular formula is C18H19N5O. The van der Waals surface area contributed by atoms with Crippen LogP contribution in [0.3, 0.4) is 0 Å². The normalized spacial score (nSPS) is 11.2. The first-order valence-electron chi connectivity index (χ1n) is 7.68. The lowest BCUT2D eigenvalue weighted by molar-refractivity contribution is 0.313. The molecule has 2 aromatic carbocycles. The maximum Gasteiger partial charge on any atom is 0.260 e. The van der Waals surface area contributed by atoms with Crippen molar-refractivity contribution < 1.29 is 5.21 Å². The van der Waals surface area contributed by atoms with Gasteiger partial charge in [-0.15, -0.1) is 0 Å². The Hall–Kier alpha value is -3.28. The molecule has 1 aromatic heterocycles. The minimum absolute atomic E-state index is 0.270. The predicted octanol–water partition coefficient (Wildman–Crippen LogP) is 2.88. The van der Waals surface area contributed by atoms with Crippen molar-refractivity contribution in [2.45, 2.75) is 13.1 Å². The molecule has 0 saturated heterocycles. The molecule has 0 bridgehead atoms. The van der Waals surface area contributed by atoms with Crippen molar-refractivity contribution in [1.29, 1.82) is 0 Å². The summed E-state index contributed by atoms with van der Waals surface area (Å²) >= 11 is 0. The zero-order valence-electron chi connectivity index (χ0n) is 13.1. The largest absolute Gasteiger partial charge is 0.408 e. The Morgan fingerprint density at radius 1 is 0.958 bits per heavy atom. The number of anilines is 1. The summed E-state index contributed by atoms with van der Waals surface area (Å²) in [5.74, 6) is 0.270. The van der Waals surface area contributed by atoms with Crippen LogP contribution >= 0.6 is 0 Å². The van der Waals surface area contributed by atoms with E-state index in [1.54, 1.807) is 12.4 Å². The van der Waals surface area contributed by atoms with Gasteiger partial charge in [-0.1, -0.05) is 60.7 Å². The summed E-state index contributed by atoms with van der Waals surface area (Å²) in [4.78, 5) is 0. The summed E-state index contributed by atoms with van der Waals surface area (Å²) < 4.78 is 1.50. The number of aromatic nitrogens is 2. The molecule has 0 spiro atoms. The molecule has 0 aliphatic heterocycles. The van der Waals surface area contributed by atoms with Crippen molar-refractivity contribution in [3.05, 3.63) is 84.2 Å². The molecule has 1 heterocycles. The molecule has 122 valence electrons. The van der Waals surface area contributed by atoms with E-state index in [-0.39, 0.29) is 5.96 Å². The molecule has 6 nitrogen and oxygen atoms in total. The first-order valence-corrected chi connectivity index (χ1v) is 7.68. The Morgan fingerprint density at radius 2 is 1.58 bits per heavy atom. The topological polar surface area (TPSA) is 74.5 Å². The highest BCUT2D eigenvalue weighted by Crippen LogP contribution is 2.08. The third-order valence-electron chi connectivity index (χ3n) is 3.53. The van der Waals surface area contributed by atoms with Gasteiger partial charge in [-0.2, -0.15) is 5.10 Å². The van der Waals surface area contributed by atoms with Crippen LogP contribution in [0.15, 0.2) is 78.2 Å². The Kier molecular flexibility index (Phi) is 5.09. The van der Waals surface area contributed by atoms with Gasteiger partial charge in [0, 0.05) is 13.1 Å². The van der Waals surface area contributed by atoms with Crippen molar-refractivity contribution in [1.82, 2.24) is 15.1 Å². The summed E-state index contributed by atoms with van der Waals surface area (Å²) in [7, 11) is 0. The van der Waals surface area contributed by atoms with Gasteiger partial charge >= 0.3 is 0 Å². The van der Waals surface area contributed by atoms with Gasteiger partial charge in [0.15, 0.2) is 0 Å². The van der Waals surface area contributed by atoms with Crippen molar-refractivity contribution in [3.8, 4) is 0 Å². The van der Waals surface area contributed by atoms with Crippen molar-refractivity contribution in [2.24, 2.45) is 5.16 Å². The molecule has 0 amide bonds. The fraction of sp³-hybridized carbons (Fsp3) is 0.111. The summed E-state index contributed by atoms with van der Waals surface area (Å²) in [6.45, 7) is 1.25. The lowest BCUT2D eigenvalue weighted by Gasteiger charge is -2.08. The van der Waals surface area contributed by atoms with E-state index in [2.05, 4.69) is 33.0 Å². The molecule has 0 radical (unpaired) electrons. The average molecular weight is 321 g/mol. The monoisotopic (exact) mass is 321 g/mol. The summed E-state index contributed by atoms with van der Waals surface area (Å²) in [5.41, 5.74) is 3.12. The molecule has 0 saturated carbocycles. The van der Waals surface area contributed by atoms with Gasteiger partial charge in [0.2, 0.25) is 0 Å². The van der Waals surface area contributed by atoms with Gasteiger partial charge in [0.25, 0.3) is 5.96 Å². The third kappa shape index (κ3) is 4.13. The second kappa shape index (κ2) is 7.82. The molecule has 3 aromatic rings. The molecular weight excluding hydrogens is 302 g/mol. The van der Waals surface area contributed by atoms with Crippen LogP contribution in [0, 0.1) is 0 Å². The summed E-state index contributed by atoms with van der Waals surface area (Å²) in [6.07, 6.45) is 3.47. The molecule has 0 unspecified atom stereocenters. The molecule has 0 atom stereocenters. The zero-order valence-corrected chi connectivity index (χ0v) is 13.1. The Labute approximate surface area is 140 Å². The van der Waals surface area contributed by atoms with E-state index in [1.807, 2.05) is 48.5 Å². The van der Waals surface area contributed by atoms with Gasteiger partial charge in [-0.05, 0) is 16.3 Å². The van der Waals surface area contributed by atoms with E-state index < -0.39 is 0 Å². The van der Waals surface area contributed by atoms with Crippen LogP contribution in [0.4, 0.5) is 5.69 Å². The second-order valence-electron chi connectivity index (χ2n) is 5.28. The van der Waals surface area contributed by atoms with E-state index in [1.165, 1.54) is 10.2 Å². The van der Waals surface area contributed by atoms with Crippen LogP contribution in [0.2, 0.25) is 0 Å². The number of hydrogen-bond donors (Lipinski definition) is 3. The number of benzene rings is 2. The van der Waals surface area contributed by atoms with Crippen molar-refractivity contribution >= 4 is 11.6 Å². The molecule has 0 fully saturated rings. The number of nitrogens with one attached hydrogen (secondary N) is 2. The van der Waals surface area contributed by atoms with Crippen LogP contribution in [0.5, 0.6) is 0 Å². The van der Waals surface area contributed by atoms with Gasteiger partial charge in [0.05, 0.1) is 18.1 Å². The number of hydrogen-bond acceptors (Lipinski definition) is 4. The lowest BCUT2D eigenvalue weighted by Crippen LogP contribution is -2.30. The maximum atomic E-state index is 9.22. The summed E-state index contributed by atoms with van der Waals surface area (Å²) in [6, 6.07) is 20.0. The van der Waals surface area contributed by atoms with Gasteiger partial charge in [-0.25, -0.2) is 4.68 Å². The first-order chi connectivity index (χ1) is 11.8. The molecule has 0 aliphatic rings. The average Bonchev–Trinajstić information content (AvgIpc) is 3.11. The van der Waals surface area contributed by atoms with Crippen LogP contribution in [-0.2, 0) is 13.1 Å². The number of rotatable bonds is 5. The van der Waals surface area contributed by atoms with E-state index in [0.717, 1.165) is 11.3 Å². The van der Waals surface area contributed by atoms with Crippen LogP contribution in [0.25, 0.3) is 0 Å². The second-order valence-corrected chi connectivity index (χ2v) is 5.28. The minimum atomic E-state index is 0.270. The molecule has 3 rings (SSSR count). The van der Waals surface area contributed by atoms with E-state index in [9.17, 15) is 5.21 Å². The maximum absolute atomic E-state index is 9.22. The highest BCUT2D eigenvalue weighted by Gasteiger charge is 2.06. The van der Waals surface area contributed by atoms with Crippen molar-refractivity contribution in [3.63, 3.8) is 0 Å². The van der Waals surface area contributed by atoms with Gasteiger partial charge in [0.1, 0.15) is 0 Å². The van der Waals surface area contributed by atoms with E-state index >= 15 is 0 Å². The Bertz CT molecular complexity index is 783. The van der Waals surface area contributed by atoms with Crippen molar-refractivity contribution in [2.75, 3.05) is 5.32 Å². The molecule has 0 aliphatic carbocycles. The summed E-state index contributed by atoms with van der Waals surface area (Å²) in [5, 5.41) is 23.1. The first kappa shape index (κ1) is 15.6. The third-order valence-corrected chi connectivity index (χ3v) is 3.53. The SMILES string of the molecule is ON=C(NCc1ccccc1)n1cc(NCc2ccccc2)cn1. The molecule has 3 N–H and O–H groups in total. The molecule has 6 heteroatoms. The smallest absolute Gasteiger partial charge is 0.260 e. The van der Waals surface area contributed by atoms with E-state index in [0.29, 0.717) is 13.1 Å². The van der Waals surface area contributed by atoms with Crippen LogP contribution in [0.1, 0.15) is 11.1 Å². The van der Waals surface area contributed by atoms with Gasteiger partial charge < -0.3 is 15.8 Å². The fourth-order valence-electron chi connectivity index (χ4n) is 2.27. The minimum Gasteiger partial charge on any atom is -0.408 e. The number of nitrogens with zero attached hydrogens (tertiary/aromatic N) is 3. The quantitative estimate of drug-likeness (QED) is 0.292. The zero-order chi connectivity index (χ0) is 16.6. The Morgan fingerprint density at radius 3 is 2.21 bits per heavy atom. The number of oxime groups is 1. The lowest BCUT2D eigenvalue weighted by atomic mass is 10.2. The fourth-order valence-corrected chi connectivity index (χ4v) is 2.27. The highest BCUT2D eigenvalue weighted by molar-refractivity contribution is 5.81. The standard InChI is InChI=1S/C18H19N5O/c24-22-18(20-12-16-9-5-2-6-10-16)23-14-17(13-21-23)19-11-15-7-3-1-4-8-15/h1-10,13-14,19,24H,11-12H2,(H,20,22). The highest BCUT2D eigenvalue weighted by atomic mass is 16.4. The molecule has 24 heavy (non-hydrogen) atoms. The van der Waals surface area contributed by atoms with E-state index in [4.69, 9.17) is 0 Å².